The average molecular weight is 399 g/mol. The Labute approximate surface area is 155 Å². The largest absolute Gasteiger partial charge is 0.179 e. The molecule has 0 saturated heterocycles. The van der Waals surface area contributed by atoms with Crippen molar-refractivity contribution in [2.24, 2.45) is 0 Å². The summed E-state index contributed by atoms with van der Waals surface area (Å²) in [4.78, 5) is 0. The molecular weight excluding hydrogens is 364 g/mol. The van der Waals surface area contributed by atoms with Gasteiger partial charge in [-0.2, -0.15) is 12.6 Å². The van der Waals surface area contributed by atoms with Gasteiger partial charge in [0.1, 0.15) is 0 Å². The molecule has 108 valence electrons. The standard InChI is InChI=1S/C16H34S.Ce/c1-2-3-4-5-6-7-8-9-10-11-12-13-14-15-16-17;/h17H,2-16H2,1H3;. The zero-order valence-electron chi connectivity index (χ0n) is 12.6. The van der Waals surface area contributed by atoms with E-state index in [9.17, 15) is 0 Å². The van der Waals surface area contributed by atoms with Crippen LogP contribution in [0.3, 0.4) is 0 Å². The summed E-state index contributed by atoms with van der Waals surface area (Å²) in [5.74, 6) is 1.07. The fourth-order valence-corrected chi connectivity index (χ4v) is 2.53. The van der Waals surface area contributed by atoms with Crippen molar-refractivity contribution in [1.82, 2.24) is 0 Å². The van der Waals surface area contributed by atoms with Crippen LogP contribution in [-0.4, -0.2) is 5.75 Å². The molecule has 0 bridgehead atoms. The molecule has 0 nitrogen and oxygen atoms in total. The van der Waals surface area contributed by atoms with Crippen molar-refractivity contribution >= 4 is 12.6 Å². The van der Waals surface area contributed by atoms with E-state index in [2.05, 4.69) is 19.6 Å². The first-order valence-corrected chi connectivity index (χ1v) is 8.66. The van der Waals surface area contributed by atoms with Crippen LogP contribution in [-0.2, 0) is 0 Å². The van der Waals surface area contributed by atoms with Gasteiger partial charge in [-0.3, -0.25) is 0 Å². The molecule has 0 fully saturated rings. The van der Waals surface area contributed by atoms with Gasteiger partial charge in [-0.15, -0.1) is 0 Å². The molecule has 0 aromatic heterocycles. The van der Waals surface area contributed by atoms with Crippen LogP contribution in [0.2, 0.25) is 0 Å². The fraction of sp³-hybridized carbons (Fsp3) is 1.00. The van der Waals surface area contributed by atoms with Gasteiger partial charge >= 0.3 is 0 Å². The van der Waals surface area contributed by atoms with Gasteiger partial charge in [-0.05, 0) is 12.2 Å². The van der Waals surface area contributed by atoms with Gasteiger partial charge in [0.15, 0.2) is 0 Å². The number of hydrogen-bond acceptors (Lipinski definition) is 1. The predicted molar refractivity (Wildman–Crippen MR) is 84.2 cm³/mol. The average Bonchev–Trinajstić information content (AvgIpc) is 2.35. The topological polar surface area (TPSA) is 0 Å². The Bertz CT molecular complexity index is 114. The van der Waals surface area contributed by atoms with Crippen LogP contribution in [0.15, 0.2) is 0 Å². The van der Waals surface area contributed by atoms with Gasteiger partial charge < -0.3 is 0 Å². The van der Waals surface area contributed by atoms with Crippen molar-refractivity contribution < 1.29 is 41.7 Å². The Morgan fingerprint density at radius 2 is 0.778 bits per heavy atom. The molecule has 0 N–H and O–H groups in total. The summed E-state index contributed by atoms with van der Waals surface area (Å²) in [5.41, 5.74) is 0. The van der Waals surface area contributed by atoms with E-state index in [4.69, 9.17) is 0 Å². The zero-order valence-corrected chi connectivity index (χ0v) is 16.6. The number of unbranched alkanes of at least 4 members (excludes halogenated alkanes) is 13. The maximum Gasteiger partial charge on any atom is 0 e. The van der Waals surface area contributed by atoms with Crippen molar-refractivity contribution in [3.8, 4) is 0 Å². The fourth-order valence-electron chi connectivity index (χ4n) is 2.31. The molecule has 0 saturated carbocycles. The molecule has 0 radical (unpaired) electrons. The molecule has 0 unspecified atom stereocenters. The van der Waals surface area contributed by atoms with Crippen molar-refractivity contribution in [2.45, 2.75) is 96.8 Å². The molecular formula is C16H34CeS. The minimum atomic E-state index is 0. The van der Waals surface area contributed by atoms with Crippen molar-refractivity contribution in [2.75, 3.05) is 5.75 Å². The van der Waals surface area contributed by atoms with E-state index in [0.29, 0.717) is 0 Å². The Morgan fingerprint density at radius 1 is 0.500 bits per heavy atom. The smallest absolute Gasteiger partial charge is 0 e. The summed E-state index contributed by atoms with van der Waals surface area (Å²) >= 11 is 4.23. The maximum absolute atomic E-state index is 4.23. The molecule has 0 atom stereocenters. The van der Waals surface area contributed by atoms with Crippen molar-refractivity contribution in [3.05, 3.63) is 0 Å². The number of thiol groups is 1. The van der Waals surface area contributed by atoms with E-state index < -0.39 is 0 Å². The molecule has 0 rings (SSSR count). The van der Waals surface area contributed by atoms with E-state index in [-0.39, 0.29) is 41.7 Å². The summed E-state index contributed by atoms with van der Waals surface area (Å²) in [7, 11) is 0. The van der Waals surface area contributed by atoms with Crippen molar-refractivity contribution in [3.63, 3.8) is 0 Å². The third-order valence-corrected chi connectivity index (χ3v) is 3.83. The van der Waals surface area contributed by atoms with Crippen LogP contribution in [0.1, 0.15) is 96.8 Å². The van der Waals surface area contributed by atoms with Crippen LogP contribution in [0.4, 0.5) is 0 Å². The minimum Gasteiger partial charge on any atom is -0.179 e. The van der Waals surface area contributed by atoms with Crippen LogP contribution >= 0.6 is 12.6 Å². The zero-order chi connectivity index (χ0) is 12.6. The summed E-state index contributed by atoms with van der Waals surface area (Å²) < 4.78 is 0. The van der Waals surface area contributed by atoms with Crippen LogP contribution < -0.4 is 0 Å². The summed E-state index contributed by atoms with van der Waals surface area (Å²) in [5, 5.41) is 0. The first kappa shape index (κ1) is 22.0. The Hall–Kier alpha value is 1.73. The summed E-state index contributed by atoms with van der Waals surface area (Å²) in [6.07, 6.45) is 20.1. The Kier molecular flexibility index (Phi) is 25.7. The third-order valence-electron chi connectivity index (χ3n) is 3.51. The molecule has 0 heterocycles. The van der Waals surface area contributed by atoms with Crippen LogP contribution in [0, 0.1) is 41.7 Å². The molecule has 0 aromatic rings. The second-order valence-corrected chi connectivity index (χ2v) is 5.77. The Balaban J connectivity index is 0. The number of hydrogen-bond donors (Lipinski definition) is 1. The van der Waals surface area contributed by atoms with Gasteiger partial charge in [0.2, 0.25) is 0 Å². The normalized spacial score (nSPS) is 10.3. The summed E-state index contributed by atoms with van der Waals surface area (Å²) in [6.45, 7) is 2.29. The molecule has 0 aliphatic heterocycles. The van der Waals surface area contributed by atoms with Gasteiger partial charge in [0.05, 0.1) is 0 Å². The Morgan fingerprint density at radius 3 is 1.06 bits per heavy atom. The first-order chi connectivity index (χ1) is 8.41. The predicted octanol–water partition coefficient (Wildman–Crippen LogP) is 6.40. The van der Waals surface area contributed by atoms with Gasteiger partial charge in [-0.1, -0.05) is 90.4 Å². The van der Waals surface area contributed by atoms with E-state index in [1.54, 1.807) is 0 Å². The molecule has 0 aromatic carbocycles. The van der Waals surface area contributed by atoms with Gasteiger partial charge in [0.25, 0.3) is 0 Å². The number of rotatable bonds is 14. The summed E-state index contributed by atoms with van der Waals surface area (Å²) in [6, 6.07) is 0. The van der Waals surface area contributed by atoms with Gasteiger partial charge in [-0.25, -0.2) is 0 Å². The maximum atomic E-state index is 4.23. The minimum absolute atomic E-state index is 0. The SMILES string of the molecule is CCCCCCCCCCCCCCCCS.[Ce]. The van der Waals surface area contributed by atoms with E-state index in [1.807, 2.05) is 0 Å². The van der Waals surface area contributed by atoms with E-state index in [1.165, 1.54) is 89.9 Å². The monoisotopic (exact) mass is 398 g/mol. The molecule has 18 heavy (non-hydrogen) atoms. The second-order valence-electron chi connectivity index (χ2n) is 5.32. The molecule has 0 aliphatic carbocycles. The molecule has 0 aliphatic rings. The first-order valence-electron chi connectivity index (χ1n) is 8.02. The van der Waals surface area contributed by atoms with Crippen LogP contribution in [0.5, 0.6) is 0 Å². The molecule has 2 heteroatoms. The van der Waals surface area contributed by atoms with Crippen LogP contribution in [0.25, 0.3) is 0 Å². The molecule has 0 spiro atoms. The van der Waals surface area contributed by atoms with Crippen molar-refractivity contribution in [1.29, 1.82) is 0 Å². The third kappa shape index (κ3) is 20.1. The van der Waals surface area contributed by atoms with E-state index in [0.717, 1.165) is 5.75 Å². The van der Waals surface area contributed by atoms with E-state index >= 15 is 0 Å². The quantitative estimate of drug-likeness (QED) is 0.254. The second kappa shape index (κ2) is 21.0. The van der Waals surface area contributed by atoms with Gasteiger partial charge in [0, 0.05) is 41.7 Å². The molecule has 0 amide bonds.